The Kier molecular flexibility index (Phi) is 2.69. The van der Waals surface area contributed by atoms with Gasteiger partial charge >= 0.3 is 0 Å². The van der Waals surface area contributed by atoms with Gasteiger partial charge in [0.1, 0.15) is 6.61 Å². The molecule has 1 fully saturated rings. The molecular formula is C6H11NO4S. The van der Waals surface area contributed by atoms with Crippen LogP contribution in [0.3, 0.4) is 0 Å². The zero-order valence-electron chi connectivity index (χ0n) is 6.74. The summed E-state index contributed by atoms with van der Waals surface area (Å²) < 4.78 is 25.9. The monoisotopic (exact) mass is 193 g/mol. The first-order valence-electron chi connectivity index (χ1n) is 3.52. The van der Waals surface area contributed by atoms with E-state index in [9.17, 15) is 13.2 Å². The molecule has 0 saturated carbocycles. The van der Waals surface area contributed by atoms with Crippen LogP contribution >= 0.6 is 0 Å². The van der Waals surface area contributed by atoms with E-state index >= 15 is 0 Å². The Morgan fingerprint density at radius 1 is 1.58 bits per heavy atom. The summed E-state index contributed by atoms with van der Waals surface area (Å²) in [5.74, 6) is -0.150. The molecule has 1 amide bonds. The summed E-state index contributed by atoms with van der Waals surface area (Å²) in [5.41, 5.74) is 0. The second kappa shape index (κ2) is 3.40. The molecule has 1 rings (SSSR count). The topological polar surface area (TPSA) is 72.5 Å². The van der Waals surface area contributed by atoms with Crippen LogP contribution in [-0.4, -0.2) is 45.6 Å². The zero-order valence-corrected chi connectivity index (χ0v) is 7.56. The molecule has 0 aliphatic carbocycles. The number of rotatable bonds is 3. The van der Waals surface area contributed by atoms with E-state index in [1.54, 1.807) is 0 Å². The highest BCUT2D eigenvalue weighted by Crippen LogP contribution is 2.09. The lowest BCUT2D eigenvalue weighted by Crippen LogP contribution is -2.53. The maximum atomic E-state index is 10.8. The lowest BCUT2D eigenvalue weighted by atomic mass is 10.3. The molecule has 0 aromatic carbocycles. The number of amides is 1. The second-order valence-corrected chi connectivity index (χ2v) is 4.93. The van der Waals surface area contributed by atoms with E-state index in [0.29, 0.717) is 0 Å². The molecule has 0 spiro atoms. The maximum absolute atomic E-state index is 10.8. The predicted molar refractivity (Wildman–Crippen MR) is 42.5 cm³/mol. The van der Waals surface area contributed by atoms with Crippen molar-refractivity contribution in [2.45, 2.75) is 6.04 Å². The third-order valence-corrected chi connectivity index (χ3v) is 3.37. The van der Waals surface area contributed by atoms with E-state index in [-0.39, 0.29) is 30.1 Å². The van der Waals surface area contributed by atoms with E-state index < -0.39 is 9.84 Å². The summed E-state index contributed by atoms with van der Waals surface area (Å²) in [5, 5.41) is 2.53. The van der Waals surface area contributed by atoms with Crippen LogP contribution in [0.1, 0.15) is 0 Å². The number of carbonyl (C=O) groups is 1. The van der Waals surface area contributed by atoms with Gasteiger partial charge in [0.25, 0.3) is 0 Å². The van der Waals surface area contributed by atoms with Gasteiger partial charge in [-0.1, -0.05) is 0 Å². The van der Waals surface area contributed by atoms with Crippen molar-refractivity contribution >= 4 is 15.7 Å². The van der Waals surface area contributed by atoms with Crippen molar-refractivity contribution in [2.24, 2.45) is 0 Å². The van der Waals surface area contributed by atoms with Crippen molar-refractivity contribution in [3.63, 3.8) is 0 Å². The maximum Gasteiger partial charge on any atom is 0.246 e. The molecule has 0 aromatic rings. The number of hydrogen-bond donors (Lipinski definition) is 1. The van der Waals surface area contributed by atoms with Crippen molar-refractivity contribution in [2.75, 3.05) is 25.2 Å². The van der Waals surface area contributed by atoms with Gasteiger partial charge in [-0.15, -0.1) is 0 Å². The van der Waals surface area contributed by atoms with Crippen LogP contribution in [0, 0.1) is 0 Å². The highest BCUT2D eigenvalue weighted by atomic mass is 32.2. The van der Waals surface area contributed by atoms with Gasteiger partial charge in [-0.2, -0.15) is 0 Å². The fourth-order valence-corrected chi connectivity index (χ4v) is 2.34. The smallest absolute Gasteiger partial charge is 0.246 e. The normalized spacial score (nSPS) is 21.4. The Hall–Kier alpha value is -0.620. The predicted octanol–water partition coefficient (Wildman–Crippen LogP) is -1.45. The molecule has 1 aliphatic rings. The number of nitrogens with one attached hydrogen (secondary N) is 1. The average molecular weight is 193 g/mol. The van der Waals surface area contributed by atoms with Gasteiger partial charge in [0.2, 0.25) is 5.91 Å². The zero-order chi connectivity index (χ0) is 9.19. The minimum atomic E-state index is -2.85. The van der Waals surface area contributed by atoms with Crippen LogP contribution < -0.4 is 5.32 Å². The first kappa shape index (κ1) is 9.47. The summed E-state index contributed by atoms with van der Waals surface area (Å²) in [7, 11) is -1.43. The number of methoxy groups -OCH3 is 1. The van der Waals surface area contributed by atoms with Crippen molar-refractivity contribution in [3.05, 3.63) is 0 Å². The van der Waals surface area contributed by atoms with E-state index in [2.05, 4.69) is 10.1 Å². The highest BCUT2D eigenvalue weighted by Gasteiger charge is 2.34. The molecule has 0 bridgehead atoms. The molecule has 0 atom stereocenters. The summed E-state index contributed by atoms with van der Waals surface area (Å²) in [4.78, 5) is 10.8. The van der Waals surface area contributed by atoms with Crippen LogP contribution in [0.5, 0.6) is 0 Å². The van der Waals surface area contributed by atoms with Crippen molar-refractivity contribution in [1.82, 2.24) is 5.32 Å². The van der Waals surface area contributed by atoms with Crippen LogP contribution in [0.25, 0.3) is 0 Å². The van der Waals surface area contributed by atoms with Gasteiger partial charge < -0.3 is 10.1 Å². The minimum Gasteiger partial charge on any atom is -0.375 e. The van der Waals surface area contributed by atoms with Gasteiger partial charge in [-0.25, -0.2) is 8.42 Å². The molecule has 0 unspecified atom stereocenters. The third-order valence-electron chi connectivity index (χ3n) is 1.55. The van der Waals surface area contributed by atoms with E-state index in [0.717, 1.165) is 0 Å². The molecule has 1 saturated heterocycles. The quantitative estimate of drug-likeness (QED) is 0.595. The molecule has 6 heteroatoms. The summed E-state index contributed by atoms with van der Waals surface area (Å²) in [6.45, 7) is -0.0173. The van der Waals surface area contributed by atoms with Crippen molar-refractivity contribution < 1.29 is 17.9 Å². The van der Waals surface area contributed by atoms with Crippen LogP contribution in [0.15, 0.2) is 0 Å². The SMILES string of the molecule is COCC(=O)NC1CS(=O)(=O)C1. The Labute approximate surface area is 71.0 Å². The molecular weight excluding hydrogens is 182 g/mol. The standard InChI is InChI=1S/C6H11NO4S/c1-11-2-6(8)7-5-3-12(9,10)4-5/h5H,2-4H2,1H3,(H,7,8). The van der Waals surface area contributed by atoms with Gasteiger partial charge in [0, 0.05) is 7.11 Å². The third kappa shape index (κ3) is 2.46. The van der Waals surface area contributed by atoms with Crippen LogP contribution in [-0.2, 0) is 19.4 Å². The lowest BCUT2D eigenvalue weighted by Gasteiger charge is -2.26. The van der Waals surface area contributed by atoms with Gasteiger partial charge in [-0.3, -0.25) is 4.79 Å². The fourth-order valence-electron chi connectivity index (χ4n) is 1.05. The Balaban J connectivity index is 2.23. The number of sulfone groups is 1. The average Bonchev–Trinajstić information content (AvgIpc) is 1.83. The number of carbonyl (C=O) groups excluding carboxylic acids is 1. The first-order chi connectivity index (χ1) is 5.53. The number of hydrogen-bond acceptors (Lipinski definition) is 4. The Morgan fingerprint density at radius 2 is 2.17 bits per heavy atom. The minimum absolute atomic E-state index is 0.0173. The van der Waals surface area contributed by atoms with Crippen LogP contribution in [0.4, 0.5) is 0 Å². The van der Waals surface area contributed by atoms with Gasteiger partial charge in [0.05, 0.1) is 17.5 Å². The van der Waals surface area contributed by atoms with E-state index in [1.165, 1.54) is 7.11 Å². The molecule has 5 nitrogen and oxygen atoms in total. The summed E-state index contributed by atoms with van der Waals surface area (Å²) in [6.07, 6.45) is 0. The lowest BCUT2D eigenvalue weighted by molar-refractivity contribution is -0.125. The highest BCUT2D eigenvalue weighted by molar-refractivity contribution is 7.92. The fraction of sp³-hybridized carbons (Fsp3) is 0.833. The first-order valence-corrected chi connectivity index (χ1v) is 5.34. The molecule has 1 heterocycles. The molecule has 0 aromatic heterocycles. The van der Waals surface area contributed by atoms with Crippen molar-refractivity contribution in [3.8, 4) is 0 Å². The summed E-state index contributed by atoms with van der Waals surface area (Å²) in [6, 6.07) is -0.211. The molecule has 1 aliphatic heterocycles. The molecule has 1 N–H and O–H groups in total. The Bertz CT molecular complexity index is 259. The number of ether oxygens (including phenoxy) is 1. The Morgan fingerprint density at radius 3 is 2.58 bits per heavy atom. The van der Waals surface area contributed by atoms with Crippen LogP contribution in [0.2, 0.25) is 0 Å². The van der Waals surface area contributed by atoms with E-state index in [1.807, 2.05) is 0 Å². The van der Waals surface area contributed by atoms with E-state index in [4.69, 9.17) is 0 Å². The molecule has 70 valence electrons. The summed E-state index contributed by atoms with van der Waals surface area (Å²) >= 11 is 0. The van der Waals surface area contributed by atoms with Gasteiger partial charge in [-0.05, 0) is 0 Å². The van der Waals surface area contributed by atoms with Gasteiger partial charge in [0.15, 0.2) is 9.84 Å². The van der Waals surface area contributed by atoms with Crippen molar-refractivity contribution in [1.29, 1.82) is 0 Å². The second-order valence-electron chi connectivity index (χ2n) is 2.77. The molecule has 12 heavy (non-hydrogen) atoms. The molecule has 0 radical (unpaired) electrons. The largest absolute Gasteiger partial charge is 0.375 e.